The Morgan fingerprint density at radius 3 is 2.48 bits per heavy atom. The van der Waals surface area contributed by atoms with Gasteiger partial charge in [0.1, 0.15) is 17.4 Å². The number of carbonyl (C=O) groups is 2. The molecule has 3 aromatic rings. The zero-order chi connectivity index (χ0) is 22.0. The first-order chi connectivity index (χ1) is 14.9. The van der Waals surface area contributed by atoms with Crippen molar-refractivity contribution in [2.24, 2.45) is 5.10 Å². The van der Waals surface area contributed by atoms with E-state index in [4.69, 9.17) is 4.42 Å². The lowest BCUT2D eigenvalue weighted by molar-refractivity contribution is 0.0949. The van der Waals surface area contributed by atoms with Crippen molar-refractivity contribution in [3.63, 3.8) is 0 Å². The number of nitrogens with zero attached hydrogens (tertiary/aromatic N) is 1. The summed E-state index contributed by atoms with van der Waals surface area (Å²) in [6.07, 6.45) is 1.93. The van der Waals surface area contributed by atoms with Crippen molar-refractivity contribution in [1.29, 1.82) is 0 Å². The lowest BCUT2D eigenvalue weighted by atomic mass is 9.93. The largest absolute Gasteiger partial charge is 0.455 e. The third kappa shape index (κ3) is 4.23. The highest BCUT2D eigenvalue weighted by Gasteiger charge is 2.28. The normalized spacial score (nSPS) is 14.2. The summed E-state index contributed by atoms with van der Waals surface area (Å²) < 4.78 is 32.7. The Morgan fingerprint density at radius 1 is 1.00 bits per heavy atom. The average Bonchev–Trinajstić information content (AvgIpc) is 3.11. The number of fused-ring (bicyclic) bond motifs is 1. The number of amides is 2. The maximum atomic E-state index is 13.8. The van der Waals surface area contributed by atoms with Gasteiger partial charge in [0.15, 0.2) is 5.76 Å². The topological polar surface area (TPSA) is 83.7 Å². The molecule has 0 saturated carbocycles. The molecule has 1 aromatic heterocycles. The van der Waals surface area contributed by atoms with Crippen LogP contribution < -0.4 is 10.7 Å². The van der Waals surface area contributed by atoms with Gasteiger partial charge < -0.3 is 9.73 Å². The molecule has 0 saturated heterocycles. The van der Waals surface area contributed by atoms with E-state index in [9.17, 15) is 18.4 Å². The van der Waals surface area contributed by atoms with E-state index in [0.717, 1.165) is 6.42 Å². The van der Waals surface area contributed by atoms with Gasteiger partial charge in [0, 0.05) is 23.2 Å². The van der Waals surface area contributed by atoms with E-state index in [1.807, 2.05) is 0 Å². The van der Waals surface area contributed by atoms with E-state index in [1.54, 1.807) is 13.0 Å². The van der Waals surface area contributed by atoms with Crippen LogP contribution in [0.1, 0.15) is 50.6 Å². The fourth-order valence-electron chi connectivity index (χ4n) is 3.54. The van der Waals surface area contributed by atoms with Crippen LogP contribution in [0.4, 0.5) is 14.5 Å². The average molecular weight is 423 g/mol. The van der Waals surface area contributed by atoms with E-state index in [1.165, 1.54) is 42.5 Å². The molecular weight excluding hydrogens is 404 g/mol. The van der Waals surface area contributed by atoms with Gasteiger partial charge >= 0.3 is 0 Å². The molecule has 0 aliphatic heterocycles. The predicted octanol–water partition coefficient (Wildman–Crippen LogP) is 4.59. The molecule has 4 rings (SSSR count). The van der Waals surface area contributed by atoms with Gasteiger partial charge in [0.05, 0.1) is 11.3 Å². The standard InChI is InChI=1S/C23H19F2N3O3/c1-13-20-18(27-28-22(29)16-5-2-3-6-17(16)25)7-4-8-19(20)31-21(13)23(30)26-15-11-9-14(24)10-12-15/h2-3,5-6,9-12H,4,7-8H2,1H3,(H,26,30)(H,28,29)/b27-18+. The molecule has 31 heavy (non-hydrogen) atoms. The highest BCUT2D eigenvalue weighted by atomic mass is 19.1. The molecule has 0 bridgehead atoms. The molecule has 1 heterocycles. The molecule has 0 radical (unpaired) electrons. The molecule has 0 spiro atoms. The number of hydrogen-bond acceptors (Lipinski definition) is 4. The van der Waals surface area contributed by atoms with Crippen LogP contribution in [0.5, 0.6) is 0 Å². The first-order valence-electron chi connectivity index (χ1n) is 9.75. The van der Waals surface area contributed by atoms with Gasteiger partial charge in [0.2, 0.25) is 0 Å². The summed E-state index contributed by atoms with van der Waals surface area (Å²) in [5, 5.41) is 6.86. The number of rotatable bonds is 4. The highest BCUT2D eigenvalue weighted by molar-refractivity contribution is 6.09. The third-order valence-electron chi connectivity index (χ3n) is 5.04. The van der Waals surface area contributed by atoms with Crippen molar-refractivity contribution in [2.75, 3.05) is 5.32 Å². The molecule has 1 aliphatic carbocycles. The SMILES string of the molecule is Cc1c(C(=O)Nc2ccc(F)cc2)oc2c1/C(=N/NC(=O)c1ccccc1F)CCC2. The fourth-order valence-corrected chi connectivity index (χ4v) is 3.54. The number of hydrazone groups is 1. The first kappa shape index (κ1) is 20.5. The summed E-state index contributed by atoms with van der Waals surface area (Å²) >= 11 is 0. The quantitative estimate of drug-likeness (QED) is 0.602. The molecule has 2 aromatic carbocycles. The van der Waals surface area contributed by atoms with Gasteiger partial charge in [-0.05, 0) is 56.2 Å². The molecule has 158 valence electrons. The Bertz CT molecular complexity index is 1180. The Hall–Kier alpha value is -3.81. The van der Waals surface area contributed by atoms with Crippen LogP contribution in [0.25, 0.3) is 0 Å². The summed E-state index contributed by atoms with van der Waals surface area (Å²) in [7, 11) is 0. The van der Waals surface area contributed by atoms with Crippen molar-refractivity contribution in [2.45, 2.75) is 26.2 Å². The lowest BCUT2D eigenvalue weighted by Gasteiger charge is -2.13. The van der Waals surface area contributed by atoms with Gasteiger partial charge in [-0.3, -0.25) is 9.59 Å². The van der Waals surface area contributed by atoms with E-state index in [-0.39, 0.29) is 11.3 Å². The van der Waals surface area contributed by atoms with Crippen molar-refractivity contribution in [1.82, 2.24) is 5.43 Å². The molecule has 0 atom stereocenters. The van der Waals surface area contributed by atoms with Crippen LogP contribution in [-0.2, 0) is 6.42 Å². The van der Waals surface area contributed by atoms with Gasteiger partial charge in [-0.1, -0.05) is 12.1 Å². The third-order valence-corrected chi connectivity index (χ3v) is 5.04. The number of carbonyl (C=O) groups excluding carboxylic acids is 2. The number of benzene rings is 2. The molecule has 2 amide bonds. The first-order valence-corrected chi connectivity index (χ1v) is 9.75. The van der Waals surface area contributed by atoms with Crippen LogP contribution >= 0.6 is 0 Å². The van der Waals surface area contributed by atoms with Crippen molar-refractivity contribution in [3.8, 4) is 0 Å². The summed E-state index contributed by atoms with van der Waals surface area (Å²) in [5.74, 6) is -1.43. The molecule has 0 fully saturated rings. The lowest BCUT2D eigenvalue weighted by Crippen LogP contribution is -2.23. The number of aryl methyl sites for hydroxylation is 1. The molecule has 0 unspecified atom stereocenters. The minimum absolute atomic E-state index is 0.105. The van der Waals surface area contributed by atoms with Crippen LogP contribution in [0.15, 0.2) is 58.0 Å². The number of anilines is 1. The van der Waals surface area contributed by atoms with Crippen molar-refractivity contribution >= 4 is 23.2 Å². The molecule has 6 nitrogen and oxygen atoms in total. The van der Waals surface area contributed by atoms with E-state index < -0.39 is 23.4 Å². The van der Waals surface area contributed by atoms with Crippen LogP contribution in [-0.4, -0.2) is 17.5 Å². The maximum Gasteiger partial charge on any atom is 0.291 e. The summed E-state index contributed by atoms with van der Waals surface area (Å²) in [5.41, 5.74) is 4.55. The maximum absolute atomic E-state index is 13.8. The highest BCUT2D eigenvalue weighted by Crippen LogP contribution is 2.30. The Morgan fingerprint density at radius 2 is 1.74 bits per heavy atom. The summed E-state index contributed by atoms with van der Waals surface area (Å²) in [4.78, 5) is 25.0. The number of nitrogens with one attached hydrogen (secondary N) is 2. The fraction of sp³-hybridized carbons (Fsp3) is 0.174. The Labute approximate surface area is 177 Å². The molecule has 1 aliphatic rings. The number of furan rings is 1. The summed E-state index contributed by atoms with van der Waals surface area (Å²) in [6.45, 7) is 1.74. The van der Waals surface area contributed by atoms with Crippen LogP contribution in [0.2, 0.25) is 0 Å². The number of halogens is 2. The monoisotopic (exact) mass is 423 g/mol. The van der Waals surface area contributed by atoms with Gasteiger partial charge in [-0.2, -0.15) is 5.10 Å². The van der Waals surface area contributed by atoms with E-state index in [2.05, 4.69) is 15.8 Å². The molecule has 8 heteroatoms. The Balaban J connectivity index is 1.57. The predicted molar refractivity (Wildman–Crippen MR) is 111 cm³/mol. The van der Waals surface area contributed by atoms with Gasteiger partial charge in [0.25, 0.3) is 11.8 Å². The number of hydrogen-bond donors (Lipinski definition) is 2. The zero-order valence-electron chi connectivity index (χ0n) is 16.7. The zero-order valence-corrected chi connectivity index (χ0v) is 16.7. The Kier molecular flexibility index (Phi) is 5.62. The van der Waals surface area contributed by atoms with Gasteiger partial charge in [-0.15, -0.1) is 0 Å². The molecular formula is C23H19F2N3O3. The van der Waals surface area contributed by atoms with Crippen LogP contribution in [0.3, 0.4) is 0 Å². The van der Waals surface area contributed by atoms with Crippen LogP contribution in [0, 0.1) is 18.6 Å². The van der Waals surface area contributed by atoms with E-state index >= 15 is 0 Å². The second-order valence-electron chi connectivity index (χ2n) is 7.15. The second-order valence-corrected chi connectivity index (χ2v) is 7.15. The smallest absolute Gasteiger partial charge is 0.291 e. The summed E-state index contributed by atoms with van der Waals surface area (Å²) in [6, 6.07) is 11.0. The minimum atomic E-state index is -0.659. The molecule has 2 N–H and O–H groups in total. The van der Waals surface area contributed by atoms with Crippen molar-refractivity contribution < 1.29 is 22.8 Å². The van der Waals surface area contributed by atoms with Gasteiger partial charge in [-0.25, -0.2) is 14.2 Å². The minimum Gasteiger partial charge on any atom is -0.455 e. The van der Waals surface area contributed by atoms with E-state index in [0.29, 0.717) is 41.1 Å². The second kappa shape index (κ2) is 8.51. The van der Waals surface area contributed by atoms with Crippen molar-refractivity contribution in [3.05, 3.63) is 88.4 Å².